The summed E-state index contributed by atoms with van der Waals surface area (Å²) in [5.74, 6) is 0.818. The molecule has 1 fully saturated rings. The van der Waals surface area contributed by atoms with E-state index in [1.165, 1.54) is 37.7 Å². The highest BCUT2D eigenvalue weighted by Gasteiger charge is 2.37. The number of fused-ring (bicyclic) bond motifs is 1. The van der Waals surface area contributed by atoms with Gasteiger partial charge >= 0.3 is 0 Å². The van der Waals surface area contributed by atoms with E-state index < -0.39 is 0 Å². The molecule has 0 unspecified atom stereocenters. The Morgan fingerprint density at radius 3 is 2.73 bits per heavy atom. The second-order valence-corrected chi connectivity index (χ2v) is 5.98. The van der Waals surface area contributed by atoms with Crippen molar-refractivity contribution in [2.75, 3.05) is 0 Å². The molecule has 2 aliphatic rings. The lowest BCUT2D eigenvalue weighted by Gasteiger charge is -2.43. The molecule has 84 valence electrons. The quantitative estimate of drug-likeness (QED) is 0.528. The number of allylic oxidation sites excluding steroid dienone is 4. The van der Waals surface area contributed by atoms with Gasteiger partial charge in [0.25, 0.3) is 0 Å². The highest BCUT2D eigenvalue weighted by atomic mass is 14.4. The topological polar surface area (TPSA) is 0 Å². The van der Waals surface area contributed by atoms with Crippen LogP contribution in [0.1, 0.15) is 59.8 Å². The van der Waals surface area contributed by atoms with Crippen molar-refractivity contribution in [1.82, 2.24) is 0 Å². The summed E-state index contributed by atoms with van der Waals surface area (Å²) in [6.45, 7) is 9.40. The van der Waals surface area contributed by atoms with Crippen LogP contribution in [0.15, 0.2) is 22.8 Å². The molecule has 0 bridgehead atoms. The molecule has 0 aromatic heterocycles. The van der Waals surface area contributed by atoms with Crippen molar-refractivity contribution in [2.24, 2.45) is 11.3 Å². The normalized spacial score (nSPS) is 35.9. The van der Waals surface area contributed by atoms with Gasteiger partial charge < -0.3 is 0 Å². The van der Waals surface area contributed by atoms with E-state index in [1.807, 2.05) is 0 Å². The third-order valence-electron chi connectivity index (χ3n) is 4.51. The van der Waals surface area contributed by atoms with Crippen LogP contribution in [-0.2, 0) is 0 Å². The van der Waals surface area contributed by atoms with Gasteiger partial charge in [0.2, 0.25) is 0 Å². The zero-order chi connectivity index (χ0) is 11.1. The molecule has 0 spiro atoms. The Labute approximate surface area is 94.5 Å². The van der Waals surface area contributed by atoms with Crippen LogP contribution in [0.4, 0.5) is 0 Å². The van der Waals surface area contributed by atoms with Gasteiger partial charge in [0.05, 0.1) is 0 Å². The van der Waals surface area contributed by atoms with Crippen molar-refractivity contribution in [3.63, 3.8) is 0 Å². The van der Waals surface area contributed by atoms with Gasteiger partial charge in [-0.3, -0.25) is 0 Å². The zero-order valence-electron chi connectivity index (χ0n) is 10.7. The maximum Gasteiger partial charge on any atom is -0.0107 e. The summed E-state index contributed by atoms with van der Waals surface area (Å²) < 4.78 is 0. The summed E-state index contributed by atoms with van der Waals surface area (Å²) in [5.41, 5.74) is 5.41. The van der Waals surface area contributed by atoms with Crippen molar-refractivity contribution in [2.45, 2.75) is 59.8 Å². The Kier molecular flexibility index (Phi) is 2.79. The van der Waals surface area contributed by atoms with E-state index in [9.17, 15) is 0 Å². The largest absolute Gasteiger partial charge is 0.0732 e. The summed E-state index contributed by atoms with van der Waals surface area (Å²) >= 11 is 0. The van der Waals surface area contributed by atoms with E-state index in [0.29, 0.717) is 5.41 Å². The molecule has 0 aromatic rings. The first kappa shape index (κ1) is 11.0. The summed E-state index contributed by atoms with van der Waals surface area (Å²) in [4.78, 5) is 0. The average Bonchev–Trinajstić information content (AvgIpc) is 2.17. The SMILES string of the molecule is CC(C)=C1C=C2[C@@H](C)CCC[C@]2(C)CC1. The first-order valence-corrected chi connectivity index (χ1v) is 6.41. The van der Waals surface area contributed by atoms with Crippen LogP contribution in [0.5, 0.6) is 0 Å². The predicted octanol–water partition coefficient (Wildman–Crippen LogP) is 4.87. The van der Waals surface area contributed by atoms with Crippen LogP contribution < -0.4 is 0 Å². The lowest BCUT2D eigenvalue weighted by molar-refractivity contribution is 0.238. The minimum absolute atomic E-state index is 0.538. The van der Waals surface area contributed by atoms with E-state index in [-0.39, 0.29) is 0 Å². The highest BCUT2D eigenvalue weighted by Crippen LogP contribution is 2.50. The average molecular weight is 204 g/mol. The van der Waals surface area contributed by atoms with Gasteiger partial charge in [-0.15, -0.1) is 0 Å². The Balaban J connectivity index is 2.38. The summed E-state index contributed by atoms with van der Waals surface area (Å²) in [7, 11) is 0. The molecule has 0 heteroatoms. The Morgan fingerprint density at radius 1 is 1.33 bits per heavy atom. The van der Waals surface area contributed by atoms with Gasteiger partial charge in [-0.05, 0) is 56.4 Å². The molecular weight excluding hydrogens is 180 g/mol. The van der Waals surface area contributed by atoms with Crippen LogP contribution >= 0.6 is 0 Å². The second kappa shape index (κ2) is 3.81. The molecule has 0 radical (unpaired) electrons. The minimum Gasteiger partial charge on any atom is -0.0732 e. The fraction of sp³-hybridized carbons (Fsp3) is 0.733. The van der Waals surface area contributed by atoms with Crippen LogP contribution in [0.2, 0.25) is 0 Å². The van der Waals surface area contributed by atoms with E-state index in [0.717, 1.165) is 5.92 Å². The zero-order valence-corrected chi connectivity index (χ0v) is 10.7. The molecule has 0 nitrogen and oxygen atoms in total. The predicted molar refractivity (Wildman–Crippen MR) is 66.8 cm³/mol. The van der Waals surface area contributed by atoms with Crippen molar-refractivity contribution in [3.05, 3.63) is 22.8 Å². The van der Waals surface area contributed by atoms with Crippen LogP contribution in [0, 0.1) is 11.3 Å². The van der Waals surface area contributed by atoms with Gasteiger partial charge in [-0.25, -0.2) is 0 Å². The summed E-state index contributed by atoms with van der Waals surface area (Å²) in [6.07, 6.45) is 9.46. The Hall–Kier alpha value is -0.520. The maximum absolute atomic E-state index is 2.53. The first-order chi connectivity index (χ1) is 7.03. The van der Waals surface area contributed by atoms with Crippen LogP contribution in [-0.4, -0.2) is 0 Å². The smallest absolute Gasteiger partial charge is 0.0107 e. The van der Waals surface area contributed by atoms with Gasteiger partial charge in [-0.1, -0.05) is 37.5 Å². The standard InChI is InChI=1S/C15H24/c1-11(2)13-7-9-15(4)8-5-6-12(3)14(15)10-13/h10,12H,5-9H2,1-4H3/t12-,15+/m0/s1. The molecule has 0 aliphatic heterocycles. The van der Waals surface area contributed by atoms with Crippen molar-refractivity contribution in [1.29, 1.82) is 0 Å². The van der Waals surface area contributed by atoms with Gasteiger partial charge in [0.1, 0.15) is 0 Å². The van der Waals surface area contributed by atoms with Crippen molar-refractivity contribution >= 4 is 0 Å². The molecule has 2 rings (SSSR count). The fourth-order valence-corrected chi connectivity index (χ4v) is 3.34. The molecule has 1 saturated carbocycles. The lowest BCUT2D eigenvalue weighted by Crippen LogP contribution is -2.30. The molecule has 0 saturated heterocycles. The van der Waals surface area contributed by atoms with Crippen molar-refractivity contribution in [3.8, 4) is 0 Å². The van der Waals surface area contributed by atoms with Gasteiger partial charge in [0.15, 0.2) is 0 Å². The summed E-state index contributed by atoms with van der Waals surface area (Å²) in [6, 6.07) is 0. The van der Waals surface area contributed by atoms with Crippen molar-refractivity contribution < 1.29 is 0 Å². The van der Waals surface area contributed by atoms with Crippen LogP contribution in [0.25, 0.3) is 0 Å². The molecule has 15 heavy (non-hydrogen) atoms. The van der Waals surface area contributed by atoms with E-state index in [2.05, 4.69) is 33.8 Å². The molecule has 2 atom stereocenters. The highest BCUT2D eigenvalue weighted by molar-refractivity contribution is 5.36. The van der Waals surface area contributed by atoms with Gasteiger partial charge in [0, 0.05) is 0 Å². The van der Waals surface area contributed by atoms with Gasteiger partial charge in [-0.2, -0.15) is 0 Å². The Bertz CT molecular complexity index is 315. The molecular formula is C15H24. The molecule has 0 heterocycles. The minimum atomic E-state index is 0.538. The number of hydrogen-bond acceptors (Lipinski definition) is 0. The fourth-order valence-electron chi connectivity index (χ4n) is 3.34. The maximum atomic E-state index is 2.53. The van der Waals surface area contributed by atoms with E-state index in [1.54, 1.807) is 11.1 Å². The molecule has 0 amide bonds. The number of rotatable bonds is 0. The van der Waals surface area contributed by atoms with E-state index in [4.69, 9.17) is 0 Å². The summed E-state index contributed by atoms with van der Waals surface area (Å²) in [5, 5.41) is 0. The third-order valence-corrected chi connectivity index (χ3v) is 4.51. The molecule has 2 aliphatic carbocycles. The van der Waals surface area contributed by atoms with E-state index >= 15 is 0 Å². The molecule has 0 N–H and O–H groups in total. The first-order valence-electron chi connectivity index (χ1n) is 6.41. The number of hydrogen-bond donors (Lipinski definition) is 0. The molecule has 0 aromatic carbocycles. The second-order valence-electron chi connectivity index (χ2n) is 5.98. The monoisotopic (exact) mass is 204 g/mol. The third kappa shape index (κ3) is 1.91. The lowest BCUT2D eigenvalue weighted by atomic mass is 9.62. The van der Waals surface area contributed by atoms with Crippen LogP contribution in [0.3, 0.4) is 0 Å². The Morgan fingerprint density at radius 2 is 2.07 bits per heavy atom.